The van der Waals surface area contributed by atoms with Crippen LogP contribution in [0.1, 0.15) is 4.88 Å². The Morgan fingerprint density at radius 3 is 2.50 bits per heavy atom. The van der Waals surface area contributed by atoms with Gasteiger partial charge in [-0.1, -0.05) is 12.2 Å². The van der Waals surface area contributed by atoms with E-state index in [-0.39, 0.29) is 13.1 Å². The highest BCUT2D eigenvalue weighted by Crippen LogP contribution is 2.25. The maximum absolute atomic E-state index is 12.5. The van der Waals surface area contributed by atoms with Crippen LogP contribution in [0, 0.1) is 0 Å². The predicted octanol–water partition coefficient (Wildman–Crippen LogP) is 1.83. The molecular weight excluding hydrogens is 268 g/mol. The van der Waals surface area contributed by atoms with Crippen LogP contribution in [0.5, 0.6) is 0 Å². The molecule has 1 rings (SSSR count). The largest absolute Gasteiger partial charge is 0.315 e. The van der Waals surface area contributed by atoms with Crippen LogP contribution in [0.3, 0.4) is 0 Å². The van der Waals surface area contributed by atoms with Crippen LogP contribution >= 0.6 is 11.3 Å². The first kappa shape index (κ1) is 15.1. The quantitative estimate of drug-likeness (QED) is 0.742. The third kappa shape index (κ3) is 3.29. The number of sulfonamides is 1. The van der Waals surface area contributed by atoms with Gasteiger partial charge in [0.1, 0.15) is 0 Å². The molecule has 1 N–H and O–H groups in total. The van der Waals surface area contributed by atoms with Crippen molar-refractivity contribution >= 4 is 21.4 Å². The van der Waals surface area contributed by atoms with Gasteiger partial charge in [-0.2, -0.15) is 4.31 Å². The maximum atomic E-state index is 12.5. The van der Waals surface area contributed by atoms with Gasteiger partial charge in [0.25, 0.3) is 0 Å². The van der Waals surface area contributed by atoms with E-state index in [4.69, 9.17) is 0 Å². The zero-order valence-electron chi connectivity index (χ0n) is 10.4. The molecule has 0 fully saturated rings. The van der Waals surface area contributed by atoms with Gasteiger partial charge >= 0.3 is 0 Å². The summed E-state index contributed by atoms with van der Waals surface area (Å²) < 4.78 is 26.3. The van der Waals surface area contributed by atoms with Crippen molar-refractivity contribution in [1.82, 2.24) is 9.62 Å². The molecule has 0 aliphatic carbocycles. The molecule has 0 aromatic carbocycles. The zero-order chi connectivity index (χ0) is 13.6. The third-order valence-electron chi connectivity index (χ3n) is 2.33. The minimum Gasteiger partial charge on any atom is -0.315 e. The Morgan fingerprint density at radius 2 is 2.00 bits per heavy atom. The topological polar surface area (TPSA) is 49.4 Å². The summed E-state index contributed by atoms with van der Waals surface area (Å²) in [7, 11) is -1.68. The van der Waals surface area contributed by atoms with Gasteiger partial charge in [0.2, 0.25) is 10.0 Å². The molecule has 0 unspecified atom stereocenters. The van der Waals surface area contributed by atoms with E-state index in [0.717, 1.165) is 4.88 Å². The van der Waals surface area contributed by atoms with E-state index in [2.05, 4.69) is 18.5 Å². The first-order valence-electron chi connectivity index (χ1n) is 5.50. The molecule has 1 heterocycles. The molecule has 0 spiro atoms. The molecule has 6 heteroatoms. The summed E-state index contributed by atoms with van der Waals surface area (Å²) in [6, 6.07) is 1.64. The number of thiophene rings is 1. The predicted molar refractivity (Wildman–Crippen MR) is 76.2 cm³/mol. The van der Waals surface area contributed by atoms with Gasteiger partial charge in [-0.05, 0) is 18.5 Å². The Bertz CT molecular complexity index is 496. The lowest BCUT2D eigenvalue weighted by atomic mass is 10.5. The molecule has 0 saturated carbocycles. The summed E-state index contributed by atoms with van der Waals surface area (Å²) in [4.78, 5) is 1.18. The van der Waals surface area contributed by atoms with Gasteiger partial charge in [-0.15, -0.1) is 24.5 Å². The fraction of sp³-hybridized carbons (Fsp3) is 0.333. The van der Waals surface area contributed by atoms with Crippen LogP contribution in [0.4, 0.5) is 0 Å². The molecule has 0 bridgehead atoms. The van der Waals surface area contributed by atoms with Crippen LogP contribution in [-0.4, -0.2) is 32.9 Å². The molecule has 1 aromatic heterocycles. The second-order valence-electron chi connectivity index (χ2n) is 3.64. The highest BCUT2D eigenvalue weighted by atomic mass is 32.2. The fourth-order valence-electron chi connectivity index (χ4n) is 1.55. The van der Waals surface area contributed by atoms with E-state index in [1.807, 2.05) is 0 Å². The molecular formula is C12H18N2O2S2. The molecule has 18 heavy (non-hydrogen) atoms. The minimum absolute atomic E-state index is 0.281. The summed E-state index contributed by atoms with van der Waals surface area (Å²) in [5, 5.41) is 4.76. The van der Waals surface area contributed by atoms with E-state index in [9.17, 15) is 8.42 Å². The van der Waals surface area contributed by atoms with Crippen molar-refractivity contribution in [2.24, 2.45) is 0 Å². The molecule has 0 aliphatic heterocycles. The summed E-state index contributed by atoms with van der Waals surface area (Å²) in [5.41, 5.74) is 0. The molecule has 0 radical (unpaired) electrons. The summed E-state index contributed by atoms with van der Waals surface area (Å²) in [6.07, 6.45) is 3.15. The van der Waals surface area contributed by atoms with Crippen molar-refractivity contribution in [2.45, 2.75) is 11.4 Å². The first-order valence-corrected chi connectivity index (χ1v) is 7.82. The molecule has 0 saturated heterocycles. The summed E-state index contributed by atoms with van der Waals surface area (Å²) >= 11 is 1.43. The second kappa shape index (κ2) is 6.84. The number of nitrogens with one attached hydrogen (secondary N) is 1. The van der Waals surface area contributed by atoms with Crippen molar-refractivity contribution in [3.8, 4) is 0 Å². The van der Waals surface area contributed by atoms with Crippen LogP contribution < -0.4 is 5.32 Å². The molecule has 4 nitrogen and oxygen atoms in total. The molecule has 0 atom stereocenters. The highest BCUT2D eigenvalue weighted by Gasteiger charge is 2.25. The number of rotatable bonds is 8. The number of nitrogens with zero attached hydrogens (tertiary/aromatic N) is 1. The van der Waals surface area contributed by atoms with E-state index in [1.54, 1.807) is 30.6 Å². The van der Waals surface area contributed by atoms with Crippen molar-refractivity contribution < 1.29 is 8.42 Å². The average Bonchev–Trinajstić information content (AvgIpc) is 2.78. The SMILES string of the molecule is C=CCN(CC=C)S(=O)(=O)c1ccsc1CNC. The third-order valence-corrected chi connectivity index (χ3v) is 5.29. The molecule has 0 amide bonds. The van der Waals surface area contributed by atoms with Gasteiger partial charge in [-0.3, -0.25) is 0 Å². The molecule has 1 aromatic rings. The van der Waals surface area contributed by atoms with Crippen molar-refractivity contribution in [1.29, 1.82) is 0 Å². The highest BCUT2D eigenvalue weighted by molar-refractivity contribution is 7.89. The average molecular weight is 286 g/mol. The number of hydrogen-bond acceptors (Lipinski definition) is 4. The molecule has 0 aliphatic rings. The maximum Gasteiger partial charge on any atom is 0.244 e. The lowest BCUT2D eigenvalue weighted by Gasteiger charge is -2.19. The second-order valence-corrected chi connectivity index (χ2v) is 6.54. The number of hydrogen-bond donors (Lipinski definition) is 1. The Labute approximate surface area is 113 Å². The minimum atomic E-state index is -3.47. The Balaban J connectivity index is 3.12. The van der Waals surface area contributed by atoms with E-state index in [0.29, 0.717) is 11.4 Å². The normalized spacial score (nSPS) is 11.7. The van der Waals surface area contributed by atoms with Crippen LogP contribution in [0.15, 0.2) is 41.7 Å². The van der Waals surface area contributed by atoms with Gasteiger partial charge in [0, 0.05) is 24.5 Å². The lowest BCUT2D eigenvalue weighted by Crippen LogP contribution is -2.31. The van der Waals surface area contributed by atoms with Gasteiger partial charge < -0.3 is 5.32 Å². The summed E-state index contributed by atoms with van der Waals surface area (Å²) in [6.45, 7) is 8.28. The lowest BCUT2D eigenvalue weighted by molar-refractivity contribution is 0.473. The van der Waals surface area contributed by atoms with Gasteiger partial charge in [-0.25, -0.2) is 8.42 Å². The summed E-state index contributed by atoms with van der Waals surface area (Å²) in [5.74, 6) is 0. The monoisotopic (exact) mass is 286 g/mol. The van der Waals surface area contributed by atoms with Crippen molar-refractivity contribution in [3.63, 3.8) is 0 Å². The first-order chi connectivity index (χ1) is 8.57. The van der Waals surface area contributed by atoms with Gasteiger partial charge in [0.15, 0.2) is 0 Å². The molecule has 100 valence electrons. The van der Waals surface area contributed by atoms with E-state index < -0.39 is 10.0 Å². The fourth-order valence-corrected chi connectivity index (χ4v) is 4.35. The van der Waals surface area contributed by atoms with E-state index in [1.165, 1.54) is 15.6 Å². The smallest absolute Gasteiger partial charge is 0.244 e. The Kier molecular flexibility index (Phi) is 5.74. The Hall–Kier alpha value is -0.950. The van der Waals surface area contributed by atoms with Gasteiger partial charge in [0.05, 0.1) is 4.90 Å². The van der Waals surface area contributed by atoms with Crippen LogP contribution in [-0.2, 0) is 16.6 Å². The van der Waals surface area contributed by atoms with Crippen molar-refractivity contribution in [2.75, 3.05) is 20.1 Å². The van der Waals surface area contributed by atoms with Crippen LogP contribution in [0.2, 0.25) is 0 Å². The van der Waals surface area contributed by atoms with E-state index >= 15 is 0 Å². The Morgan fingerprint density at radius 1 is 1.39 bits per heavy atom. The zero-order valence-corrected chi connectivity index (χ0v) is 12.1. The standard InChI is InChI=1S/C12H18N2O2S2/c1-4-7-14(8-5-2)18(15,16)12-6-9-17-11(12)10-13-3/h4-6,9,13H,1-2,7-8,10H2,3H3. The van der Waals surface area contributed by atoms with Crippen LogP contribution in [0.25, 0.3) is 0 Å². The van der Waals surface area contributed by atoms with Crippen molar-refractivity contribution in [3.05, 3.63) is 41.6 Å².